The minimum atomic E-state index is -0.438. The Balaban J connectivity index is 1.58. The Bertz CT molecular complexity index is 905. The summed E-state index contributed by atoms with van der Waals surface area (Å²) in [5.41, 5.74) is 10.4. The molecule has 2 aliphatic carbocycles. The molecule has 1 aromatic carbocycles. The summed E-state index contributed by atoms with van der Waals surface area (Å²) >= 11 is 0. The molecule has 0 aliphatic heterocycles. The number of hydrogen-bond acceptors (Lipinski definition) is 5. The van der Waals surface area contributed by atoms with Crippen molar-refractivity contribution in [3.8, 4) is 17.3 Å². The molecule has 0 spiro atoms. The molecule has 0 saturated heterocycles. The van der Waals surface area contributed by atoms with Crippen LogP contribution < -0.4 is 5.73 Å². The van der Waals surface area contributed by atoms with Crippen molar-refractivity contribution in [3.05, 3.63) is 47.4 Å². The Labute approximate surface area is 146 Å². The highest BCUT2D eigenvalue weighted by atomic mass is 16.5. The minimum absolute atomic E-state index is 0.438. The fourth-order valence-corrected chi connectivity index (χ4v) is 4.14. The molecule has 5 rings (SSSR count). The minimum Gasteiger partial charge on any atom is -0.332 e. The van der Waals surface area contributed by atoms with Crippen molar-refractivity contribution in [1.82, 2.24) is 19.9 Å². The molecule has 0 bridgehead atoms. The van der Waals surface area contributed by atoms with Gasteiger partial charge in [-0.3, -0.25) is 0 Å². The third-order valence-electron chi connectivity index (χ3n) is 5.50. The lowest BCUT2D eigenvalue weighted by Gasteiger charge is -2.17. The Hall–Kier alpha value is -2.47. The highest BCUT2D eigenvalue weighted by molar-refractivity contribution is 5.58. The Morgan fingerprint density at radius 3 is 2.64 bits per heavy atom. The van der Waals surface area contributed by atoms with Gasteiger partial charge < -0.3 is 10.3 Å². The number of rotatable bonds is 3. The molecular weight excluding hydrogens is 314 g/mol. The third-order valence-corrected chi connectivity index (χ3v) is 5.50. The van der Waals surface area contributed by atoms with Gasteiger partial charge in [0.05, 0.1) is 11.2 Å². The maximum atomic E-state index is 6.47. The average Bonchev–Trinajstić information content (AvgIpc) is 3.39. The number of nitrogens with two attached hydrogens (primary N) is 1. The van der Waals surface area contributed by atoms with Gasteiger partial charge in [-0.1, -0.05) is 36.2 Å². The molecule has 6 nitrogen and oxygen atoms in total. The van der Waals surface area contributed by atoms with E-state index in [2.05, 4.69) is 22.3 Å². The van der Waals surface area contributed by atoms with Crippen LogP contribution in [0, 0.1) is 0 Å². The molecule has 2 heterocycles. The van der Waals surface area contributed by atoms with Crippen LogP contribution >= 0.6 is 0 Å². The van der Waals surface area contributed by atoms with Crippen molar-refractivity contribution < 1.29 is 4.52 Å². The lowest BCUT2D eigenvalue weighted by molar-refractivity contribution is 0.372. The van der Waals surface area contributed by atoms with Gasteiger partial charge in [-0.15, -0.1) is 0 Å². The second kappa shape index (κ2) is 5.52. The number of hydrogen-bond donors (Lipinski definition) is 1. The standard InChI is InChI=1S/C19H21N5O/c20-19(11-4-5-12-19)18-21-17(25-23-18)16-14-9-6-10-15(14)24(22-16)13-7-2-1-3-8-13/h1-3,7-8H,4-6,9-12,20H2. The average molecular weight is 335 g/mol. The summed E-state index contributed by atoms with van der Waals surface area (Å²) < 4.78 is 7.61. The van der Waals surface area contributed by atoms with Crippen LogP contribution in [-0.2, 0) is 18.4 Å². The summed E-state index contributed by atoms with van der Waals surface area (Å²) in [4.78, 5) is 4.64. The van der Waals surface area contributed by atoms with Gasteiger partial charge >= 0.3 is 0 Å². The van der Waals surface area contributed by atoms with Crippen molar-refractivity contribution in [3.63, 3.8) is 0 Å². The molecule has 1 fully saturated rings. The molecule has 0 radical (unpaired) electrons. The van der Waals surface area contributed by atoms with E-state index < -0.39 is 5.54 Å². The van der Waals surface area contributed by atoms with Crippen LogP contribution in [0.1, 0.15) is 49.2 Å². The Morgan fingerprint density at radius 2 is 1.84 bits per heavy atom. The fourth-order valence-electron chi connectivity index (χ4n) is 4.14. The van der Waals surface area contributed by atoms with Gasteiger partial charge in [-0.25, -0.2) is 4.68 Å². The number of fused-ring (bicyclic) bond motifs is 1. The lowest BCUT2D eigenvalue weighted by Crippen LogP contribution is -2.34. The first kappa shape index (κ1) is 14.8. The molecular formula is C19H21N5O. The van der Waals surface area contributed by atoms with Gasteiger partial charge in [0.25, 0.3) is 5.89 Å². The van der Waals surface area contributed by atoms with E-state index in [9.17, 15) is 0 Å². The molecule has 2 aliphatic rings. The summed E-state index contributed by atoms with van der Waals surface area (Å²) in [6.45, 7) is 0. The first-order chi connectivity index (χ1) is 12.2. The van der Waals surface area contributed by atoms with Gasteiger partial charge in [0.1, 0.15) is 0 Å². The molecule has 128 valence electrons. The normalized spacial score (nSPS) is 18.6. The van der Waals surface area contributed by atoms with E-state index in [0.717, 1.165) is 56.3 Å². The van der Waals surface area contributed by atoms with Gasteiger partial charge in [-0.05, 0) is 44.2 Å². The number of aromatic nitrogens is 4. The van der Waals surface area contributed by atoms with E-state index in [-0.39, 0.29) is 0 Å². The molecule has 2 N–H and O–H groups in total. The van der Waals surface area contributed by atoms with Crippen molar-refractivity contribution in [1.29, 1.82) is 0 Å². The zero-order chi connectivity index (χ0) is 16.9. The van der Waals surface area contributed by atoms with Crippen LogP contribution in [0.3, 0.4) is 0 Å². The van der Waals surface area contributed by atoms with Crippen LogP contribution in [0.15, 0.2) is 34.9 Å². The maximum Gasteiger partial charge on any atom is 0.278 e. The van der Waals surface area contributed by atoms with E-state index in [1.165, 1.54) is 11.3 Å². The van der Waals surface area contributed by atoms with Crippen molar-refractivity contribution >= 4 is 0 Å². The number of para-hydroxylation sites is 1. The van der Waals surface area contributed by atoms with Gasteiger partial charge in [-0.2, -0.15) is 10.1 Å². The highest BCUT2D eigenvalue weighted by Crippen LogP contribution is 2.37. The second-order valence-corrected chi connectivity index (χ2v) is 7.16. The number of benzene rings is 1. The summed E-state index contributed by atoms with van der Waals surface area (Å²) in [6.07, 6.45) is 7.25. The van der Waals surface area contributed by atoms with Crippen LogP contribution in [0.25, 0.3) is 17.3 Å². The van der Waals surface area contributed by atoms with Gasteiger partial charge in [0, 0.05) is 11.3 Å². The van der Waals surface area contributed by atoms with E-state index >= 15 is 0 Å². The largest absolute Gasteiger partial charge is 0.332 e. The topological polar surface area (TPSA) is 82.8 Å². The van der Waals surface area contributed by atoms with E-state index in [1.54, 1.807) is 0 Å². The van der Waals surface area contributed by atoms with Crippen LogP contribution in [0.4, 0.5) is 0 Å². The fraction of sp³-hybridized carbons (Fsp3) is 0.421. The summed E-state index contributed by atoms with van der Waals surface area (Å²) in [5.74, 6) is 1.13. The van der Waals surface area contributed by atoms with E-state index in [4.69, 9.17) is 15.4 Å². The van der Waals surface area contributed by atoms with Crippen molar-refractivity contribution in [2.45, 2.75) is 50.5 Å². The predicted octanol–water partition coefficient (Wildman–Crippen LogP) is 3.14. The summed E-state index contributed by atoms with van der Waals surface area (Å²) in [5, 5.41) is 9.01. The Kier molecular flexibility index (Phi) is 3.28. The highest BCUT2D eigenvalue weighted by Gasteiger charge is 2.37. The maximum absolute atomic E-state index is 6.47. The summed E-state index contributed by atoms with van der Waals surface area (Å²) in [7, 11) is 0. The van der Waals surface area contributed by atoms with Gasteiger partial charge in [0.15, 0.2) is 11.5 Å². The quantitative estimate of drug-likeness (QED) is 0.795. The van der Waals surface area contributed by atoms with Crippen molar-refractivity contribution in [2.75, 3.05) is 0 Å². The van der Waals surface area contributed by atoms with Crippen LogP contribution in [-0.4, -0.2) is 19.9 Å². The van der Waals surface area contributed by atoms with Crippen LogP contribution in [0.5, 0.6) is 0 Å². The second-order valence-electron chi connectivity index (χ2n) is 7.16. The summed E-state index contributed by atoms with van der Waals surface area (Å²) in [6, 6.07) is 10.2. The first-order valence-corrected chi connectivity index (χ1v) is 9.04. The molecule has 0 amide bonds. The zero-order valence-corrected chi connectivity index (χ0v) is 14.1. The zero-order valence-electron chi connectivity index (χ0n) is 14.1. The molecule has 1 saturated carbocycles. The molecule has 0 unspecified atom stereocenters. The predicted molar refractivity (Wildman–Crippen MR) is 93.2 cm³/mol. The Morgan fingerprint density at radius 1 is 1.04 bits per heavy atom. The molecule has 0 atom stereocenters. The van der Waals surface area contributed by atoms with E-state index in [1.807, 2.05) is 22.9 Å². The van der Waals surface area contributed by atoms with Crippen molar-refractivity contribution in [2.24, 2.45) is 5.73 Å². The van der Waals surface area contributed by atoms with Gasteiger partial charge in [0.2, 0.25) is 0 Å². The molecule has 25 heavy (non-hydrogen) atoms. The smallest absolute Gasteiger partial charge is 0.278 e. The molecule has 6 heteroatoms. The number of nitrogens with zero attached hydrogens (tertiary/aromatic N) is 4. The first-order valence-electron chi connectivity index (χ1n) is 9.04. The van der Waals surface area contributed by atoms with Crippen LogP contribution in [0.2, 0.25) is 0 Å². The molecule has 2 aromatic heterocycles. The molecule has 3 aromatic rings. The monoisotopic (exact) mass is 335 g/mol. The van der Waals surface area contributed by atoms with E-state index in [0.29, 0.717) is 11.7 Å². The third kappa shape index (κ3) is 2.32. The lowest BCUT2D eigenvalue weighted by atomic mass is 9.99. The SMILES string of the molecule is NC1(c2noc(-c3nn(-c4ccccc4)c4c3CCC4)n2)CCCC1.